The van der Waals surface area contributed by atoms with E-state index in [0.717, 1.165) is 6.07 Å². The normalized spacial score (nSPS) is 15.2. The van der Waals surface area contributed by atoms with Gasteiger partial charge in [-0.05, 0) is 62.4 Å². The average Bonchev–Trinajstić information content (AvgIpc) is 3.39. The van der Waals surface area contributed by atoms with Crippen molar-refractivity contribution in [2.24, 2.45) is 0 Å². The first kappa shape index (κ1) is 20.3. The van der Waals surface area contributed by atoms with E-state index < -0.39 is 37.9 Å². The summed E-state index contributed by atoms with van der Waals surface area (Å²) in [7, 11) is -3.89. The zero-order chi connectivity index (χ0) is 20.7. The van der Waals surface area contributed by atoms with Crippen LogP contribution in [0.25, 0.3) is 0 Å². The van der Waals surface area contributed by atoms with Gasteiger partial charge in [-0.15, -0.1) is 6.58 Å². The Kier molecular flexibility index (Phi) is 5.18. The van der Waals surface area contributed by atoms with Gasteiger partial charge in [0.05, 0.1) is 16.1 Å². The van der Waals surface area contributed by atoms with Gasteiger partial charge in [-0.1, -0.05) is 12.1 Å². The number of nitrogens with one attached hydrogen (secondary N) is 2. The second kappa shape index (κ2) is 7.16. The van der Waals surface area contributed by atoms with Gasteiger partial charge in [0.25, 0.3) is 0 Å². The van der Waals surface area contributed by atoms with Gasteiger partial charge in [0.15, 0.2) is 11.6 Å². The first-order valence-electron chi connectivity index (χ1n) is 8.75. The highest BCUT2D eigenvalue weighted by Gasteiger charge is 2.53. The summed E-state index contributed by atoms with van der Waals surface area (Å²) >= 11 is 0. The van der Waals surface area contributed by atoms with Crippen molar-refractivity contribution in [2.75, 3.05) is 10.0 Å². The Balaban J connectivity index is 2.06. The second-order valence-corrected chi connectivity index (χ2v) is 9.21. The third-order valence-corrected chi connectivity index (χ3v) is 7.12. The number of rotatable bonds is 7. The molecule has 28 heavy (non-hydrogen) atoms. The van der Waals surface area contributed by atoms with E-state index >= 15 is 0 Å². The Morgan fingerprint density at radius 2 is 1.79 bits per heavy atom. The molecule has 0 heterocycles. The van der Waals surface area contributed by atoms with Crippen LogP contribution in [0.15, 0.2) is 36.9 Å². The molecule has 0 aliphatic heterocycles. The molecule has 1 fully saturated rings. The minimum atomic E-state index is -3.89. The maximum absolute atomic E-state index is 14.6. The van der Waals surface area contributed by atoms with Crippen LogP contribution in [0.1, 0.15) is 30.4 Å². The molecule has 1 aliphatic rings. The Bertz CT molecular complexity index is 1050. The molecule has 0 atom stereocenters. The molecule has 0 bridgehead atoms. The molecule has 0 radical (unpaired) electrons. The summed E-state index contributed by atoms with van der Waals surface area (Å²) < 4.78 is 69.9. The van der Waals surface area contributed by atoms with E-state index in [4.69, 9.17) is 0 Å². The number of aryl methyl sites for hydroxylation is 2. The maximum atomic E-state index is 14.6. The lowest BCUT2D eigenvalue weighted by molar-refractivity contribution is 0.511. The predicted octanol–water partition coefficient (Wildman–Crippen LogP) is 5.31. The van der Waals surface area contributed by atoms with Crippen molar-refractivity contribution in [1.29, 1.82) is 0 Å². The molecule has 2 N–H and O–H groups in total. The lowest BCUT2D eigenvalue weighted by atomic mass is 10.1. The molecule has 2 aromatic carbocycles. The van der Waals surface area contributed by atoms with E-state index in [2.05, 4.69) is 16.6 Å². The van der Waals surface area contributed by atoms with Crippen molar-refractivity contribution in [1.82, 2.24) is 0 Å². The fraction of sp³-hybridized carbons (Fsp3) is 0.300. The second-order valence-electron chi connectivity index (χ2n) is 7.13. The summed E-state index contributed by atoms with van der Waals surface area (Å²) in [6.07, 6.45) is 2.67. The third kappa shape index (κ3) is 3.61. The molecule has 0 unspecified atom stereocenters. The Labute approximate surface area is 162 Å². The summed E-state index contributed by atoms with van der Waals surface area (Å²) in [6.45, 7) is 6.72. The van der Waals surface area contributed by atoms with Gasteiger partial charge < -0.3 is 5.32 Å². The highest BCUT2D eigenvalue weighted by molar-refractivity contribution is 7.94. The molecule has 150 valence electrons. The van der Waals surface area contributed by atoms with Gasteiger partial charge >= 0.3 is 0 Å². The number of halogens is 3. The van der Waals surface area contributed by atoms with E-state index in [-0.39, 0.29) is 23.4 Å². The smallest absolute Gasteiger partial charge is 0.238 e. The van der Waals surface area contributed by atoms with Crippen molar-refractivity contribution in [3.8, 4) is 0 Å². The fourth-order valence-corrected chi connectivity index (χ4v) is 4.81. The summed E-state index contributed by atoms with van der Waals surface area (Å²) in [4.78, 5) is 0. The first-order valence-corrected chi connectivity index (χ1v) is 10.2. The van der Waals surface area contributed by atoms with E-state index in [9.17, 15) is 21.6 Å². The zero-order valence-corrected chi connectivity index (χ0v) is 16.4. The summed E-state index contributed by atoms with van der Waals surface area (Å²) in [6, 6.07) is 5.11. The topological polar surface area (TPSA) is 58.2 Å². The number of hydrogen-bond acceptors (Lipinski definition) is 3. The Morgan fingerprint density at radius 1 is 1.11 bits per heavy atom. The number of sulfonamides is 1. The average molecular weight is 410 g/mol. The van der Waals surface area contributed by atoms with Gasteiger partial charge in [-0.2, -0.15) is 0 Å². The molecule has 0 saturated heterocycles. The lowest BCUT2D eigenvalue weighted by Crippen LogP contribution is -2.30. The molecule has 8 heteroatoms. The van der Waals surface area contributed by atoms with Crippen molar-refractivity contribution in [3.05, 3.63) is 65.5 Å². The third-order valence-electron chi connectivity index (χ3n) is 4.93. The summed E-state index contributed by atoms with van der Waals surface area (Å²) in [5.74, 6) is -3.13. The van der Waals surface area contributed by atoms with Gasteiger partial charge in [-0.3, -0.25) is 4.72 Å². The van der Waals surface area contributed by atoms with E-state index in [0.29, 0.717) is 18.4 Å². The predicted molar refractivity (Wildman–Crippen MR) is 105 cm³/mol. The maximum Gasteiger partial charge on any atom is 0.238 e. The van der Waals surface area contributed by atoms with Crippen molar-refractivity contribution in [3.63, 3.8) is 0 Å². The standard InChI is InChI=1S/C20H21F3N2O2S/c1-4-7-20(8-9-20)28(26,27)25-18-13(3)11-15(22)17(23)19(18)24-16-6-5-12(2)10-14(16)21/h4-6,10-11,24-25H,1,7-9H2,2-3H3. The Hall–Kier alpha value is -2.48. The SMILES string of the molecule is C=CCC1(S(=O)(=O)Nc2c(C)cc(F)c(F)c2Nc2ccc(C)cc2F)CC1. The Morgan fingerprint density at radius 3 is 2.36 bits per heavy atom. The molecule has 0 spiro atoms. The molecule has 4 nitrogen and oxygen atoms in total. The van der Waals surface area contributed by atoms with Crippen LogP contribution in [-0.2, 0) is 10.0 Å². The van der Waals surface area contributed by atoms with Crippen LogP contribution in [0.3, 0.4) is 0 Å². The van der Waals surface area contributed by atoms with Gasteiger partial charge in [-0.25, -0.2) is 21.6 Å². The molecule has 0 aromatic heterocycles. The molecule has 0 amide bonds. The summed E-state index contributed by atoms with van der Waals surface area (Å²) in [5, 5.41) is 2.51. The molecule has 1 saturated carbocycles. The monoisotopic (exact) mass is 410 g/mol. The van der Waals surface area contributed by atoms with Crippen LogP contribution < -0.4 is 10.0 Å². The number of hydrogen-bond donors (Lipinski definition) is 2. The molecule has 1 aliphatic carbocycles. The van der Waals surface area contributed by atoms with Gasteiger partial charge in [0.2, 0.25) is 10.0 Å². The number of allylic oxidation sites excluding steroid dienone is 1. The molecule has 2 aromatic rings. The number of anilines is 3. The van der Waals surface area contributed by atoms with Crippen molar-refractivity contribution >= 4 is 27.1 Å². The molecule has 3 rings (SSSR count). The fourth-order valence-electron chi connectivity index (χ4n) is 3.08. The molecular weight excluding hydrogens is 389 g/mol. The van der Waals surface area contributed by atoms with E-state index in [1.807, 2.05) is 0 Å². The highest BCUT2D eigenvalue weighted by Crippen LogP contribution is 2.48. The molecular formula is C20H21F3N2O2S. The lowest BCUT2D eigenvalue weighted by Gasteiger charge is -2.21. The van der Waals surface area contributed by atoms with Crippen molar-refractivity contribution < 1.29 is 21.6 Å². The first-order chi connectivity index (χ1) is 13.1. The largest absolute Gasteiger partial charge is 0.349 e. The van der Waals surface area contributed by atoms with Crippen LogP contribution in [0.5, 0.6) is 0 Å². The van der Waals surface area contributed by atoms with Crippen LogP contribution in [0, 0.1) is 31.3 Å². The van der Waals surface area contributed by atoms with Gasteiger partial charge in [0, 0.05) is 0 Å². The van der Waals surface area contributed by atoms with Crippen LogP contribution >= 0.6 is 0 Å². The zero-order valence-electron chi connectivity index (χ0n) is 15.6. The van der Waals surface area contributed by atoms with Crippen molar-refractivity contribution in [2.45, 2.75) is 37.9 Å². The van der Waals surface area contributed by atoms with Crippen LogP contribution in [-0.4, -0.2) is 13.2 Å². The van der Waals surface area contributed by atoms with Crippen LogP contribution in [0.2, 0.25) is 0 Å². The quantitative estimate of drug-likeness (QED) is 0.608. The highest BCUT2D eigenvalue weighted by atomic mass is 32.2. The van der Waals surface area contributed by atoms with Crippen LogP contribution in [0.4, 0.5) is 30.2 Å². The minimum absolute atomic E-state index is 0.0952. The van der Waals surface area contributed by atoms with Gasteiger partial charge in [0.1, 0.15) is 11.5 Å². The van der Waals surface area contributed by atoms with E-state index in [1.165, 1.54) is 25.1 Å². The summed E-state index contributed by atoms with van der Waals surface area (Å²) in [5.41, 5.74) is 0.126. The van der Waals surface area contributed by atoms with E-state index in [1.54, 1.807) is 13.0 Å². The number of benzene rings is 2. The minimum Gasteiger partial charge on any atom is -0.349 e.